The van der Waals surface area contributed by atoms with Crippen LogP contribution in [0.4, 0.5) is 0 Å². The number of nitrogens with one attached hydrogen (secondary N) is 1. The first kappa shape index (κ1) is 13.0. The number of hydrogen-bond donors (Lipinski definition) is 1. The van der Waals surface area contributed by atoms with Gasteiger partial charge in [0.05, 0.1) is 11.4 Å². The fraction of sp³-hybridized carbons (Fsp3) is 0.733. The van der Waals surface area contributed by atoms with E-state index in [1.165, 1.54) is 17.0 Å². The summed E-state index contributed by atoms with van der Waals surface area (Å²) in [5.41, 5.74) is 3.48. The second-order valence-electron chi connectivity index (χ2n) is 6.12. The maximum absolute atomic E-state index is 5.91. The van der Waals surface area contributed by atoms with E-state index >= 15 is 0 Å². The molecule has 1 aromatic heterocycles. The van der Waals surface area contributed by atoms with E-state index in [-0.39, 0.29) is 5.60 Å². The lowest BCUT2D eigenvalue weighted by molar-refractivity contribution is 0.00883. The molecule has 3 heterocycles. The van der Waals surface area contributed by atoms with Crippen molar-refractivity contribution in [3.05, 3.63) is 22.8 Å². The second-order valence-corrected chi connectivity index (χ2v) is 6.12. The summed E-state index contributed by atoms with van der Waals surface area (Å²) in [4.78, 5) is 9.69. The summed E-state index contributed by atoms with van der Waals surface area (Å²) in [5.74, 6) is 1.33. The van der Waals surface area contributed by atoms with Crippen molar-refractivity contribution in [2.24, 2.45) is 0 Å². The maximum atomic E-state index is 5.91. The van der Waals surface area contributed by atoms with Gasteiger partial charge in [-0.3, -0.25) is 0 Å². The van der Waals surface area contributed by atoms with Gasteiger partial charge in [0.1, 0.15) is 5.60 Å². The predicted molar refractivity (Wildman–Crippen MR) is 74.1 cm³/mol. The Morgan fingerprint density at radius 2 is 2.16 bits per heavy atom. The first-order valence-corrected chi connectivity index (χ1v) is 7.35. The van der Waals surface area contributed by atoms with Crippen LogP contribution in [0.15, 0.2) is 0 Å². The Morgan fingerprint density at radius 3 is 2.84 bits per heavy atom. The first-order chi connectivity index (χ1) is 9.10. The van der Waals surface area contributed by atoms with Gasteiger partial charge in [0.25, 0.3) is 0 Å². The summed E-state index contributed by atoms with van der Waals surface area (Å²) < 4.78 is 5.91. The van der Waals surface area contributed by atoms with Gasteiger partial charge in [-0.25, -0.2) is 9.97 Å². The van der Waals surface area contributed by atoms with Crippen LogP contribution in [0.2, 0.25) is 0 Å². The van der Waals surface area contributed by atoms with Crippen LogP contribution in [0, 0.1) is 0 Å². The van der Waals surface area contributed by atoms with Crippen molar-refractivity contribution < 1.29 is 4.74 Å². The molecule has 1 aromatic rings. The predicted octanol–water partition coefficient (Wildman–Crippen LogP) is 2.27. The molecule has 1 atom stereocenters. The minimum absolute atomic E-state index is 0.282. The molecule has 104 valence electrons. The highest BCUT2D eigenvalue weighted by molar-refractivity contribution is 5.31. The molecule has 0 spiro atoms. The number of hydrogen-bond acceptors (Lipinski definition) is 4. The van der Waals surface area contributed by atoms with E-state index in [2.05, 4.69) is 26.1 Å². The molecule has 1 N–H and O–H groups in total. The van der Waals surface area contributed by atoms with Gasteiger partial charge in [0, 0.05) is 13.2 Å². The normalized spacial score (nSPS) is 26.7. The number of fused-ring (bicyclic) bond motifs is 1. The molecule has 0 aliphatic carbocycles. The van der Waals surface area contributed by atoms with E-state index in [9.17, 15) is 0 Å². The van der Waals surface area contributed by atoms with Crippen molar-refractivity contribution >= 4 is 0 Å². The minimum Gasteiger partial charge on any atom is -0.367 e. The zero-order chi connectivity index (χ0) is 13.5. The van der Waals surface area contributed by atoms with Gasteiger partial charge in [0.15, 0.2) is 5.82 Å². The monoisotopic (exact) mass is 261 g/mol. The maximum Gasteiger partial charge on any atom is 0.160 e. The summed E-state index contributed by atoms with van der Waals surface area (Å²) in [6.45, 7) is 9.27. The highest BCUT2D eigenvalue weighted by Crippen LogP contribution is 2.35. The molecule has 0 amide bonds. The molecule has 2 aliphatic heterocycles. The number of aromatic nitrogens is 2. The topological polar surface area (TPSA) is 47.0 Å². The van der Waals surface area contributed by atoms with Crippen molar-refractivity contribution in [1.29, 1.82) is 0 Å². The second kappa shape index (κ2) is 4.84. The van der Waals surface area contributed by atoms with E-state index in [0.717, 1.165) is 44.8 Å². The van der Waals surface area contributed by atoms with E-state index in [4.69, 9.17) is 14.7 Å². The van der Waals surface area contributed by atoms with Crippen LogP contribution < -0.4 is 5.32 Å². The van der Waals surface area contributed by atoms with Crippen molar-refractivity contribution in [3.63, 3.8) is 0 Å². The summed E-state index contributed by atoms with van der Waals surface area (Å²) in [7, 11) is 0. The van der Waals surface area contributed by atoms with Gasteiger partial charge in [0.2, 0.25) is 0 Å². The number of ether oxygens (including phenoxy) is 1. The molecule has 1 fully saturated rings. The van der Waals surface area contributed by atoms with Crippen LogP contribution in [0.3, 0.4) is 0 Å². The zero-order valence-corrected chi connectivity index (χ0v) is 12.1. The molecule has 0 saturated carbocycles. The number of nitrogens with zero attached hydrogens (tertiary/aromatic N) is 2. The van der Waals surface area contributed by atoms with Gasteiger partial charge in [-0.15, -0.1) is 0 Å². The van der Waals surface area contributed by atoms with Crippen LogP contribution in [0.25, 0.3) is 0 Å². The third-order valence-electron chi connectivity index (χ3n) is 4.21. The molecule has 19 heavy (non-hydrogen) atoms. The molecule has 4 nitrogen and oxygen atoms in total. The summed E-state index contributed by atoms with van der Waals surface area (Å²) >= 11 is 0. The van der Waals surface area contributed by atoms with Gasteiger partial charge < -0.3 is 10.1 Å². The molecule has 3 rings (SSSR count). The Balaban J connectivity index is 2.09. The van der Waals surface area contributed by atoms with Crippen LogP contribution in [-0.2, 0) is 23.3 Å². The van der Waals surface area contributed by atoms with Crippen molar-refractivity contribution in [2.45, 2.75) is 58.1 Å². The summed E-state index contributed by atoms with van der Waals surface area (Å²) in [6, 6.07) is 0. The smallest absolute Gasteiger partial charge is 0.160 e. The quantitative estimate of drug-likeness (QED) is 0.887. The van der Waals surface area contributed by atoms with Gasteiger partial charge in [-0.2, -0.15) is 0 Å². The Hall–Kier alpha value is -1.00. The van der Waals surface area contributed by atoms with Crippen molar-refractivity contribution in [2.75, 3.05) is 13.2 Å². The fourth-order valence-corrected chi connectivity index (χ4v) is 3.06. The summed E-state index contributed by atoms with van der Waals surface area (Å²) in [5, 5.41) is 3.41. The Kier molecular flexibility index (Phi) is 3.31. The zero-order valence-electron chi connectivity index (χ0n) is 12.1. The lowest BCUT2D eigenvalue weighted by Gasteiger charge is -2.27. The molecule has 0 bridgehead atoms. The van der Waals surface area contributed by atoms with Crippen molar-refractivity contribution in [1.82, 2.24) is 15.3 Å². The summed E-state index contributed by atoms with van der Waals surface area (Å²) in [6.07, 6.45) is 3.17. The minimum atomic E-state index is -0.282. The largest absolute Gasteiger partial charge is 0.367 e. The lowest BCUT2D eigenvalue weighted by Crippen LogP contribution is -2.31. The van der Waals surface area contributed by atoms with Gasteiger partial charge >= 0.3 is 0 Å². The average molecular weight is 261 g/mol. The van der Waals surface area contributed by atoms with Crippen LogP contribution in [0.1, 0.15) is 62.3 Å². The number of rotatable bonds is 2. The molecule has 0 radical (unpaired) electrons. The van der Waals surface area contributed by atoms with Crippen LogP contribution in [0.5, 0.6) is 0 Å². The highest BCUT2D eigenvalue weighted by atomic mass is 16.5. The molecule has 4 heteroatoms. The molecular formula is C15H23N3O. The Labute approximate surface area is 115 Å². The molecule has 1 unspecified atom stereocenters. The fourth-order valence-electron chi connectivity index (χ4n) is 3.06. The van der Waals surface area contributed by atoms with Crippen molar-refractivity contribution in [3.8, 4) is 0 Å². The van der Waals surface area contributed by atoms with Gasteiger partial charge in [-0.05, 0) is 44.2 Å². The third-order valence-corrected chi connectivity index (χ3v) is 4.21. The average Bonchev–Trinajstić information content (AvgIpc) is 2.85. The lowest BCUT2D eigenvalue weighted by atomic mass is 9.95. The van der Waals surface area contributed by atoms with Gasteiger partial charge in [-0.1, -0.05) is 13.8 Å². The highest BCUT2D eigenvalue weighted by Gasteiger charge is 2.36. The molecule has 0 aromatic carbocycles. The first-order valence-electron chi connectivity index (χ1n) is 7.35. The van der Waals surface area contributed by atoms with Crippen LogP contribution >= 0.6 is 0 Å². The van der Waals surface area contributed by atoms with E-state index in [0.29, 0.717) is 5.92 Å². The van der Waals surface area contributed by atoms with E-state index in [1.54, 1.807) is 0 Å². The standard InChI is InChI=1S/C15H23N3O/c1-10(2)13-11-5-7-16-9-12(11)17-14(18-13)15(3)6-4-8-19-15/h10,16H,4-9H2,1-3H3. The Bertz CT molecular complexity index is 479. The Morgan fingerprint density at radius 1 is 1.32 bits per heavy atom. The van der Waals surface area contributed by atoms with Crippen LogP contribution in [-0.4, -0.2) is 23.1 Å². The molecule has 2 aliphatic rings. The molecular weight excluding hydrogens is 238 g/mol. The SMILES string of the molecule is CC(C)c1nc(C2(C)CCCO2)nc2c1CCNC2. The van der Waals surface area contributed by atoms with E-state index in [1.807, 2.05) is 0 Å². The van der Waals surface area contributed by atoms with E-state index < -0.39 is 0 Å². The third kappa shape index (κ3) is 2.28. The molecule has 1 saturated heterocycles.